The molecule has 16 heavy (non-hydrogen) atoms. The lowest BCUT2D eigenvalue weighted by Gasteiger charge is -2.23. The van der Waals surface area contributed by atoms with E-state index in [-0.39, 0.29) is 17.2 Å². The van der Waals surface area contributed by atoms with Crippen LogP contribution in [0.1, 0.15) is 41.0 Å². The Morgan fingerprint density at radius 2 is 1.81 bits per heavy atom. The Balaban J connectivity index is 4.27. The third kappa shape index (κ3) is 4.51. The summed E-state index contributed by atoms with van der Waals surface area (Å²) >= 11 is 0. The number of nitrogens with one attached hydrogen (secondary N) is 1. The molecule has 1 amide bonds. The molecule has 0 aliphatic carbocycles. The van der Waals surface area contributed by atoms with Crippen LogP contribution in [0.4, 0.5) is 0 Å². The minimum Gasteiger partial charge on any atom is -0.409 e. The number of carbonyl (C=O) groups excluding carboxylic acids is 1. The van der Waals surface area contributed by atoms with Crippen LogP contribution in [0.2, 0.25) is 0 Å². The van der Waals surface area contributed by atoms with Gasteiger partial charge in [-0.3, -0.25) is 4.79 Å². The molecule has 0 radical (unpaired) electrons. The highest BCUT2D eigenvalue weighted by Crippen LogP contribution is 2.18. The van der Waals surface area contributed by atoms with Crippen molar-refractivity contribution >= 4 is 11.7 Å². The Labute approximate surface area is 97.1 Å². The van der Waals surface area contributed by atoms with Gasteiger partial charge < -0.3 is 16.3 Å². The van der Waals surface area contributed by atoms with Gasteiger partial charge in [0.05, 0.1) is 0 Å². The highest BCUT2D eigenvalue weighted by atomic mass is 16.4. The predicted molar refractivity (Wildman–Crippen MR) is 64.3 cm³/mol. The fraction of sp³-hybridized carbons (Fsp3) is 0.818. The third-order valence-corrected chi connectivity index (χ3v) is 2.48. The molecule has 4 N–H and O–H groups in total. The number of hydrogen-bond donors (Lipinski definition) is 3. The maximum Gasteiger partial charge on any atom is 0.233 e. The number of rotatable bonds is 4. The second kappa shape index (κ2) is 5.18. The van der Waals surface area contributed by atoms with E-state index in [1.807, 2.05) is 0 Å². The molecule has 94 valence electrons. The summed E-state index contributed by atoms with van der Waals surface area (Å²) in [7, 11) is 0. The van der Waals surface area contributed by atoms with Crippen LogP contribution in [-0.2, 0) is 4.79 Å². The number of nitrogens with zero attached hydrogens (tertiary/aromatic N) is 1. The number of nitrogens with two attached hydrogens (primary N) is 1. The van der Waals surface area contributed by atoms with Crippen LogP contribution in [0.25, 0.3) is 0 Å². The molecular formula is C11H23N3O2. The fourth-order valence-corrected chi connectivity index (χ4v) is 1.01. The lowest BCUT2D eigenvalue weighted by Crippen LogP contribution is -2.46. The van der Waals surface area contributed by atoms with Crippen LogP contribution in [0.15, 0.2) is 5.16 Å². The zero-order chi connectivity index (χ0) is 13.0. The molecule has 0 aromatic carbocycles. The smallest absolute Gasteiger partial charge is 0.233 e. The van der Waals surface area contributed by atoms with Crippen LogP contribution in [0.3, 0.4) is 0 Å². The average molecular weight is 229 g/mol. The Kier molecular flexibility index (Phi) is 4.78. The second-order valence-electron chi connectivity index (χ2n) is 5.68. The first kappa shape index (κ1) is 14.7. The summed E-state index contributed by atoms with van der Waals surface area (Å²) in [5, 5.41) is 14.2. The molecule has 0 bridgehead atoms. The number of hydrogen-bond acceptors (Lipinski definition) is 3. The topological polar surface area (TPSA) is 87.7 Å². The Morgan fingerprint density at radius 3 is 2.19 bits per heavy atom. The lowest BCUT2D eigenvalue weighted by atomic mass is 9.89. The molecule has 0 aromatic heterocycles. The van der Waals surface area contributed by atoms with Gasteiger partial charge in [0.15, 0.2) is 5.84 Å². The van der Waals surface area contributed by atoms with E-state index in [0.29, 0.717) is 6.54 Å². The van der Waals surface area contributed by atoms with Crippen LogP contribution >= 0.6 is 0 Å². The van der Waals surface area contributed by atoms with Crippen molar-refractivity contribution in [1.82, 2.24) is 5.32 Å². The van der Waals surface area contributed by atoms with Gasteiger partial charge in [0.25, 0.3) is 0 Å². The molecule has 0 unspecified atom stereocenters. The third-order valence-electron chi connectivity index (χ3n) is 2.48. The van der Waals surface area contributed by atoms with E-state index in [1.165, 1.54) is 0 Å². The Morgan fingerprint density at radius 1 is 1.31 bits per heavy atom. The zero-order valence-corrected chi connectivity index (χ0v) is 10.8. The quantitative estimate of drug-likeness (QED) is 0.294. The van der Waals surface area contributed by atoms with Gasteiger partial charge in [-0.15, -0.1) is 0 Å². The summed E-state index contributed by atoms with van der Waals surface area (Å²) in [5.41, 5.74) is 4.64. The molecule has 0 heterocycles. The number of amidine groups is 1. The molecule has 0 aromatic rings. The largest absolute Gasteiger partial charge is 0.409 e. The van der Waals surface area contributed by atoms with E-state index in [4.69, 9.17) is 10.9 Å². The van der Waals surface area contributed by atoms with E-state index >= 15 is 0 Å². The average Bonchev–Trinajstić information content (AvgIpc) is 2.14. The van der Waals surface area contributed by atoms with Crippen molar-refractivity contribution in [3.05, 3.63) is 0 Å². The molecule has 0 saturated carbocycles. The maximum absolute atomic E-state index is 11.8. The number of carbonyl (C=O) groups is 1. The van der Waals surface area contributed by atoms with Crippen molar-refractivity contribution < 1.29 is 10.0 Å². The van der Waals surface area contributed by atoms with Crippen molar-refractivity contribution in [1.29, 1.82) is 0 Å². The highest BCUT2D eigenvalue weighted by Gasteiger charge is 2.32. The first-order valence-electron chi connectivity index (χ1n) is 5.37. The fourth-order valence-electron chi connectivity index (χ4n) is 1.01. The molecule has 0 aliphatic heterocycles. The summed E-state index contributed by atoms with van der Waals surface area (Å²) in [6.45, 7) is 10.1. The molecule has 5 nitrogen and oxygen atoms in total. The van der Waals surface area contributed by atoms with Crippen molar-refractivity contribution in [3.63, 3.8) is 0 Å². The van der Waals surface area contributed by atoms with Gasteiger partial charge in [-0.1, -0.05) is 25.9 Å². The van der Waals surface area contributed by atoms with Crippen LogP contribution < -0.4 is 11.1 Å². The van der Waals surface area contributed by atoms with Gasteiger partial charge in [0.1, 0.15) is 5.41 Å². The van der Waals surface area contributed by atoms with Crippen molar-refractivity contribution in [2.24, 2.45) is 21.7 Å². The van der Waals surface area contributed by atoms with E-state index in [9.17, 15) is 4.79 Å². The minimum absolute atomic E-state index is 0.0826. The minimum atomic E-state index is -0.980. The van der Waals surface area contributed by atoms with Crippen LogP contribution in [0, 0.1) is 10.8 Å². The maximum atomic E-state index is 11.8. The molecule has 0 atom stereocenters. The van der Waals surface area contributed by atoms with Crippen molar-refractivity contribution in [3.8, 4) is 0 Å². The van der Waals surface area contributed by atoms with Gasteiger partial charge >= 0.3 is 0 Å². The molecule has 5 heteroatoms. The molecule has 0 aliphatic rings. The molecule has 0 saturated heterocycles. The van der Waals surface area contributed by atoms with E-state index in [1.54, 1.807) is 13.8 Å². The molecular weight excluding hydrogens is 206 g/mol. The van der Waals surface area contributed by atoms with E-state index in [2.05, 4.69) is 31.2 Å². The van der Waals surface area contributed by atoms with Gasteiger partial charge in [-0.25, -0.2) is 0 Å². The molecule has 0 rings (SSSR count). The van der Waals surface area contributed by atoms with Crippen LogP contribution in [-0.4, -0.2) is 23.5 Å². The first-order chi connectivity index (χ1) is 7.11. The summed E-state index contributed by atoms with van der Waals surface area (Å²) in [6, 6.07) is 0. The SMILES string of the molecule is CC(C)(C)CCNC(=O)C(C)(C)C(N)=NO. The highest BCUT2D eigenvalue weighted by molar-refractivity contribution is 6.05. The van der Waals surface area contributed by atoms with Gasteiger partial charge in [0, 0.05) is 6.54 Å². The second-order valence-corrected chi connectivity index (χ2v) is 5.68. The Hall–Kier alpha value is -1.26. The monoisotopic (exact) mass is 229 g/mol. The van der Waals surface area contributed by atoms with Crippen LogP contribution in [0.5, 0.6) is 0 Å². The first-order valence-corrected chi connectivity index (χ1v) is 5.37. The standard InChI is InChI=1S/C11H23N3O2/c1-10(2,3)6-7-13-9(15)11(4,5)8(12)14-16/h16H,6-7H2,1-5H3,(H2,12,14)(H,13,15). The summed E-state index contributed by atoms with van der Waals surface area (Å²) in [4.78, 5) is 11.8. The van der Waals surface area contributed by atoms with Crippen molar-refractivity contribution in [2.75, 3.05) is 6.54 Å². The Bertz CT molecular complexity index is 277. The zero-order valence-electron chi connectivity index (χ0n) is 10.8. The summed E-state index contributed by atoms with van der Waals surface area (Å²) in [6.07, 6.45) is 0.880. The van der Waals surface area contributed by atoms with E-state index in [0.717, 1.165) is 6.42 Å². The molecule has 0 fully saturated rings. The van der Waals surface area contributed by atoms with Gasteiger partial charge in [-0.05, 0) is 25.7 Å². The molecule has 0 spiro atoms. The van der Waals surface area contributed by atoms with Gasteiger partial charge in [0.2, 0.25) is 5.91 Å². The predicted octanol–water partition coefficient (Wildman–Crippen LogP) is 1.31. The van der Waals surface area contributed by atoms with Crippen molar-refractivity contribution in [2.45, 2.75) is 41.0 Å². The number of amides is 1. The summed E-state index contributed by atoms with van der Waals surface area (Å²) in [5.74, 6) is -0.312. The van der Waals surface area contributed by atoms with E-state index < -0.39 is 5.41 Å². The summed E-state index contributed by atoms with van der Waals surface area (Å²) < 4.78 is 0. The lowest BCUT2D eigenvalue weighted by molar-refractivity contribution is -0.126. The van der Waals surface area contributed by atoms with Gasteiger partial charge in [-0.2, -0.15) is 0 Å². The number of oxime groups is 1. The normalized spacial score (nSPS) is 13.7.